The van der Waals surface area contributed by atoms with Gasteiger partial charge in [-0.2, -0.15) is 5.10 Å². The van der Waals surface area contributed by atoms with Crippen molar-refractivity contribution >= 4 is 29.3 Å². The lowest BCUT2D eigenvalue weighted by Gasteiger charge is -2.44. The Bertz CT molecular complexity index is 1010. The summed E-state index contributed by atoms with van der Waals surface area (Å²) in [4.78, 5) is 30.5. The maximum Gasteiger partial charge on any atom is 0.277 e. The average Bonchev–Trinajstić information content (AvgIpc) is 3.20. The second-order valence-corrected chi connectivity index (χ2v) is 10.8. The van der Waals surface area contributed by atoms with Crippen molar-refractivity contribution in [1.82, 2.24) is 15.1 Å². The fourth-order valence-corrected chi connectivity index (χ4v) is 5.43. The van der Waals surface area contributed by atoms with Crippen LogP contribution < -0.4 is 10.2 Å². The van der Waals surface area contributed by atoms with E-state index in [9.17, 15) is 9.59 Å². The average molecular weight is 469 g/mol. The number of rotatable bonds is 5. The Labute approximate surface area is 201 Å². The highest BCUT2D eigenvalue weighted by molar-refractivity contribution is 7.98. The molecule has 7 heteroatoms. The Morgan fingerprint density at radius 1 is 1.15 bits per heavy atom. The van der Waals surface area contributed by atoms with E-state index in [-0.39, 0.29) is 23.8 Å². The SMILES string of the molecule is CSc1cccc(N2C(=O)c3cc(C(C)C)nn3C[C@]2(C)C(=O)NC2CCCCCCC2)c1. The van der Waals surface area contributed by atoms with Crippen molar-refractivity contribution in [3.8, 4) is 0 Å². The van der Waals surface area contributed by atoms with Crippen LogP contribution in [0.1, 0.15) is 87.8 Å². The summed E-state index contributed by atoms with van der Waals surface area (Å²) in [7, 11) is 0. The normalized spacial score (nSPS) is 22.1. The van der Waals surface area contributed by atoms with Crippen LogP contribution in [0, 0.1) is 0 Å². The number of carbonyl (C=O) groups excluding carboxylic acids is 2. The molecule has 0 saturated heterocycles. The summed E-state index contributed by atoms with van der Waals surface area (Å²) >= 11 is 1.63. The molecule has 2 aromatic rings. The third kappa shape index (κ3) is 4.84. The van der Waals surface area contributed by atoms with Gasteiger partial charge in [-0.15, -0.1) is 11.8 Å². The van der Waals surface area contributed by atoms with Gasteiger partial charge in [0.2, 0.25) is 5.91 Å². The van der Waals surface area contributed by atoms with Crippen LogP contribution in [0.5, 0.6) is 0 Å². The predicted molar refractivity (Wildman–Crippen MR) is 134 cm³/mol. The minimum Gasteiger partial charge on any atom is -0.351 e. The van der Waals surface area contributed by atoms with E-state index in [2.05, 4.69) is 19.2 Å². The Morgan fingerprint density at radius 2 is 1.85 bits per heavy atom. The largest absolute Gasteiger partial charge is 0.351 e. The molecular weight excluding hydrogens is 432 g/mol. The predicted octanol–water partition coefficient (Wildman–Crippen LogP) is 5.38. The maximum atomic E-state index is 13.9. The van der Waals surface area contributed by atoms with Gasteiger partial charge >= 0.3 is 0 Å². The number of thioether (sulfide) groups is 1. The number of hydrogen-bond donors (Lipinski definition) is 1. The lowest BCUT2D eigenvalue weighted by molar-refractivity contribution is -0.127. The van der Waals surface area contributed by atoms with Gasteiger partial charge in [0.05, 0.1) is 12.2 Å². The molecule has 4 rings (SSSR count). The van der Waals surface area contributed by atoms with E-state index in [0.29, 0.717) is 12.2 Å². The molecule has 33 heavy (non-hydrogen) atoms. The number of hydrogen-bond acceptors (Lipinski definition) is 4. The van der Waals surface area contributed by atoms with Crippen LogP contribution in [0.3, 0.4) is 0 Å². The van der Waals surface area contributed by atoms with E-state index in [1.54, 1.807) is 21.3 Å². The van der Waals surface area contributed by atoms with Crippen LogP contribution in [0.25, 0.3) is 0 Å². The number of amides is 2. The van der Waals surface area contributed by atoms with Crippen LogP contribution in [-0.2, 0) is 11.3 Å². The first kappa shape index (κ1) is 23.9. The van der Waals surface area contributed by atoms with Gasteiger partial charge < -0.3 is 5.32 Å². The van der Waals surface area contributed by atoms with Crippen molar-refractivity contribution in [1.29, 1.82) is 0 Å². The van der Waals surface area contributed by atoms with E-state index in [1.807, 2.05) is 43.5 Å². The number of anilines is 1. The monoisotopic (exact) mass is 468 g/mol. The lowest BCUT2D eigenvalue weighted by Crippen LogP contribution is -2.65. The highest BCUT2D eigenvalue weighted by atomic mass is 32.2. The van der Waals surface area contributed by atoms with Crippen molar-refractivity contribution < 1.29 is 9.59 Å². The fourth-order valence-electron chi connectivity index (χ4n) is 4.98. The van der Waals surface area contributed by atoms with E-state index >= 15 is 0 Å². The molecule has 0 radical (unpaired) electrons. The van der Waals surface area contributed by atoms with Crippen LogP contribution in [-0.4, -0.2) is 39.4 Å². The summed E-state index contributed by atoms with van der Waals surface area (Å²) in [5.74, 6) is -0.0587. The second kappa shape index (κ2) is 9.92. The van der Waals surface area contributed by atoms with Crippen LogP contribution in [0.2, 0.25) is 0 Å². The molecule has 2 amide bonds. The number of benzene rings is 1. The number of nitrogens with one attached hydrogen (secondary N) is 1. The first-order valence-electron chi connectivity index (χ1n) is 12.2. The molecule has 1 atom stereocenters. The van der Waals surface area contributed by atoms with Gasteiger partial charge in [-0.05, 0) is 56.2 Å². The molecule has 1 aromatic carbocycles. The summed E-state index contributed by atoms with van der Waals surface area (Å²) in [5, 5.41) is 8.03. The second-order valence-electron chi connectivity index (χ2n) is 9.90. The van der Waals surface area contributed by atoms with E-state index in [4.69, 9.17) is 5.10 Å². The van der Waals surface area contributed by atoms with Gasteiger partial charge in [-0.3, -0.25) is 19.2 Å². The molecule has 1 saturated carbocycles. The summed E-state index contributed by atoms with van der Waals surface area (Å²) in [6.07, 6.45) is 10.0. The molecule has 0 bridgehead atoms. The smallest absolute Gasteiger partial charge is 0.277 e. The molecule has 0 unspecified atom stereocenters. The zero-order chi connectivity index (χ0) is 23.6. The van der Waals surface area contributed by atoms with Crippen molar-refractivity contribution in [2.24, 2.45) is 0 Å². The van der Waals surface area contributed by atoms with Crippen molar-refractivity contribution in [3.05, 3.63) is 41.7 Å². The molecule has 178 valence electrons. The minimum atomic E-state index is -1.07. The summed E-state index contributed by atoms with van der Waals surface area (Å²) < 4.78 is 1.74. The molecule has 1 aliphatic heterocycles. The van der Waals surface area contributed by atoms with Crippen LogP contribution in [0.15, 0.2) is 35.2 Å². The number of aromatic nitrogens is 2. The highest BCUT2D eigenvalue weighted by Crippen LogP contribution is 2.35. The Kier molecular flexibility index (Phi) is 7.17. The Morgan fingerprint density at radius 3 is 2.52 bits per heavy atom. The van der Waals surface area contributed by atoms with Crippen LogP contribution >= 0.6 is 11.8 Å². The first-order valence-corrected chi connectivity index (χ1v) is 13.4. The standard InChI is InChI=1S/C26H36N4O2S/c1-18(2)22-16-23-24(31)30(20-13-10-14-21(15-20)33-4)26(3,17-29(23)28-22)25(32)27-19-11-8-6-5-7-9-12-19/h10,13-16,18-19H,5-9,11-12,17H2,1-4H3,(H,27,32)/t26-/m1/s1. The topological polar surface area (TPSA) is 67.2 Å². The van der Waals surface area contributed by atoms with Crippen molar-refractivity contribution in [2.45, 2.75) is 94.7 Å². The first-order chi connectivity index (χ1) is 15.8. The molecule has 2 aliphatic rings. The molecule has 2 heterocycles. The Hall–Kier alpha value is -2.28. The third-order valence-corrected chi connectivity index (χ3v) is 7.73. The molecule has 0 spiro atoms. The zero-order valence-corrected chi connectivity index (χ0v) is 21.1. The van der Waals surface area contributed by atoms with E-state index in [0.717, 1.165) is 42.0 Å². The summed E-state index contributed by atoms with van der Waals surface area (Å²) in [6, 6.07) is 9.94. The van der Waals surface area contributed by atoms with Gasteiger partial charge in [0.15, 0.2) is 0 Å². The molecule has 1 aromatic heterocycles. The van der Waals surface area contributed by atoms with Gasteiger partial charge in [0.25, 0.3) is 5.91 Å². The quantitative estimate of drug-likeness (QED) is 0.599. The molecule has 1 N–H and O–H groups in total. The lowest BCUT2D eigenvalue weighted by atomic mass is 9.91. The van der Waals surface area contributed by atoms with Crippen molar-refractivity contribution in [2.75, 3.05) is 11.2 Å². The number of fused-ring (bicyclic) bond motifs is 1. The molecule has 1 aliphatic carbocycles. The molecular formula is C26H36N4O2S. The zero-order valence-electron chi connectivity index (χ0n) is 20.3. The minimum absolute atomic E-state index is 0.0942. The number of nitrogens with zero attached hydrogens (tertiary/aromatic N) is 3. The summed E-state index contributed by atoms with van der Waals surface area (Å²) in [5.41, 5.74) is 1.11. The molecule has 6 nitrogen and oxygen atoms in total. The molecule has 1 fully saturated rings. The fraction of sp³-hybridized carbons (Fsp3) is 0.577. The van der Waals surface area contributed by atoms with Gasteiger partial charge in [0, 0.05) is 16.6 Å². The van der Waals surface area contributed by atoms with Gasteiger partial charge in [-0.1, -0.05) is 52.0 Å². The summed E-state index contributed by atoms with van der Waals surface area (Å²) in [6.45, 7) is 6.36. The van der Waals surface area contributed by atoms with Gasteiger partial charge in [0.1, 0.15) is 11.2 Å². The third-order valence-electron chi connectivity index (χ3n) is 7.00. The van der Waals surface area contributed by atoms with E-state index in [1.165, 1.54) is 19.3 Å². The number of carbonyl (C=O) groups is 2. The highest BCUT2D eigenvalue weighted by Gasteiger charge is 2.49. The maximum absolute atomic E-state index is 13.9. The van der Waals surface area contributed by atoms with Gasteiger partial charge in [-0.25, -0.2) is 0 Å². The van der Waals surface area contributed by atoms with E-state index < -0.39 is 5.54 Å². The van der Waals surface area contributed by atoms with Crippen LogP contribution in [0.4, 0.5) is 5.69 Å². The Balaban J connectivity index is 1.72. The van der Waals surface area contributed by atoms with Crippen molar-refractivity contribution in [3.63, 3.8) is 0 Å².